The molecule has 0 amide bonds. The second-order valence-electron chi connectivity index (χ2n) is 6.12. The summed E-state index contributed by atoms with van der Waals surface area (Å²) in [7, 11) is -3.64. The lowest BCUT2D eigenvalue weighted by Gasteiger charge is -2.27. The molecule has 0 aliphatic carbocycles. The number of hydrogen-bond donors (Lipinski definition) is 2. The van der Waals surface area contributed by atoms with Crippen LogP contribution in [0.5, 0.6) is 5.75 Å². The maximum absolute atomic E-state index is 11.3. The topological polar surface area (TPSA) is 81.4 Å². The Morgan fingerprint density at radius 2 is 1.92 bits per heavy atom. The van der Waals surface area contributed by atoms with Crippen LogP contribution in [0.2, 0.25) is 0 Å². The lowest BCUT2D eigenvalue weighted by Crippen LogP contribution is -2.28. The molecule has 0 aromatic heterocycles. The Labute approximate surface area is 142 Å². The molecule has 0 bridgehead atoms. The highest BCUT2D eigenvalue weighted by Crippen LogP contribution is 2.33. The van der Waals surface area contributed by atoms with Crippen molar-refractivity contribution >= 4 is 10.0 Å². The number of benzene rings is 2. The predicted molar refractivity (Wildman–Crippen MR) is 93.5 cm³/mol. The molecular formula is C18H22N2O3S. The summed E-state index contributed by atoms with van der Waals surface area (Å²) in [4.78, 5) is 0.136. The van der Waals surface area contributed by atoms with Crippen LogP contribution in [-0.4, -0.2) is 21.6 Å². The van der Waals surface area contributed by atoms with Gasteiger partial charge in [0.2, 0.25) is 10.0 Å². The van der Waals surface area contributed by atoms with Crippen molar-refractivity contribution in [1.82, 2.24) is 5.32 Å². The summed E-state index contributed by atoms with van der Waals surface area (Å²) in [6, 6.07) is 15.0. The normalized spacial score (nSPS) is 18.5. The third-order valence-electron chi connectivity index (χ3n) is 4.46. The van der Waals surface area contributed by atoms with Crippen LogP contribution >= 0.6 is 0 Å². The van der Waals surface area contributed by atoms with E-state index < -0.39 is 10.0 Å². The molecule has 0 fully saturated rings. The Hall–Kier alpha value is -1.89. The fourth-order valence-electron chi connectivity index (χ4n) is 3.01. The standard InChI is InChI=1S/C18H22N2O3S/c1-13(14-6-8-16(9-7-14)24(19,21)22)20-12-15-10-11-23-18-5-3-2-4-17(15)18/h2-9,13,15,20H,10-12H2,1H3,(H2,19,21,22)/t13-,15+/m0/s1. The Balaban J connectivity index is 1.65. The second kappa shape index (κ2) is 6.93. The minimum atomic E-state index is -3.64. The molecule has 0 spiro atoms. The van der Waals surface area contributed by atoms with Crippen LogP contribution < -0.4 is 15.2 Å². The fourth-order valence-corrected chi connectivity index (χ4v) is 3.53. The first kappa shape index (κ1) is 17.0. The van der Waals surface area contributed by atoms with Gasteiger partial charge in [0.15, 0.2) is 0 Å². The average Bonchev–Trinajstić information content (AvgIpc) is 2.59. The number of para-hydroxylation sites is 1. The van der Waals surface area contributed by atoms with Gasteiger partial charge >= 0.3 is 0 Å². The fraction of sp³-hybridized carbons (Fsp3) is 0.333. The first-order valence-electron chi connectivity index (χ1n) is 8.03. The van der Waals surface area contributed by atoms with E-state index in [1.807, 2.05) is 18.2 Å². The molecule has 2 aromatic carbocycles. The number of nitrogens with one attached hydrogen (secondary N) is 1. The third-order valence-corrected chi connectivity index (χ3v) is 5.39. The lowest BCUT2D eigenvalue weighted by atomic mass is 9.92. The molecule has 6 heteroatoms. The molecule has 128 valence electrons. The Bertz CT molecular complexity index is 803. The van der Waals surface area contributed by atoms with Gasteiger partial charge in [-0.05, 0) is 42.7 Å². The second-order valence-corrected chi connectivity index (χ2v) is 7.68. The molecule has 3 rings (SSSR count). The van der Waals surface area contributed by atoms with Gasteiger partial charge in [-0.2, -0.15) is 0 Å². The van der Waals surface area contributed by atoms with Gasteiger partial charge in [0.25, 0.3) is 0 Å². The molecule has 24 heavy (non-hydrogen) atoms. The van der Waals surface area contributed by atoms with Gasteiger partial charge in [-0.25, -0.2) is 13.6 Å². The van der Waals surface area contributed by atoms with Gasteiger partial charge in [0, 0.05) is 18.5 Å². The summed E-state index contributed by atoms with van der Waals surface area (Å²) >= 11 is 0. The Morgan fingerprint density at radius 3 is 2.62 bits per heavy atom. The van der Waals surface area contributed by atoms with Crippen LogP contribution in [0, 0.1) is 0 Å². The molecule has 1 aliphatic rings. The van der Waals surface area contributed by atoms with E-state index in [-0.39, 0.29) is 10.9 Å². The highest BCUT2D eigenvalue weighted by Gasteiger charge is 2.21. The van der Waals surface area contributed by atoms with E-state index in [9.17, 15) is 8.42 Å². The zero-order valence-corrected chi connectivity index (χ0v) is 14.4. The van der Waals surface area contributed by atoms with Crippen molar-refractivity contribution < 1.29 is 13.2 Å². The van der Waals surface area contributed by atoms with Gasteiger partial charge in [0.05, 0.1) is 11.5 Å². The molecule has 3 N–H and O–H groups in total. The summed E-state index contributed by atoms with van der Waals surface area (Å²) in [5.74, 6) is 1.39. The van der Waals surface area contributed by atoms with E-state index >= 15 is 0 Å². The van der Waals surface area contributed by atoms with Crippen molar-refractivity contribution in [1.29, 1.82) is 0 Å². The molecule has 0 radical (unpaired) electrons. The minimum absolute atomic E-state index is 0.120. The zero-order valence-electron chi connectivity index (χ0n) is 13.6. The molecule has 2 atom stereocenters. The van der Waals surface area contributed by atoms with Gasteiger partial charge in [-0.3, -0.25) is 0 Å². The van der Waals surface area contributed by atoms with Gasteiger partial charge < -0.3 is 10.1 Å². The Kier molecular flexibility index (Phi) is 4.89. The number of primary sulfonamides is 1. The average molecular weight is 346 g/mol. The first-order chi connectivity index (χ1) is 11.4. The number of hydrogen-bond acceptors (Lipinski definition) is 4. The number of rotatable bonds is 5. The van der Waals surface area contributed by atoms with Crippen molar-refractivity contribution in [2.75, 3.05) is 13.2 Å². The van der Waals surface area contributed by atoms with Crippen LogP contribution in [-0.2, 0) is 10.0 Å². The SMILES string of the molecule is C[C@H](NC[C@H]1CCOc2ccccc21)c1ccc(S(N)(=O)=O)cc1. The molecule has 0 saturated heterocycles. The van der Waals surface area contributed by atoms with E-state index in [4.69, 9.17) is 9.88 Å². The number of fused-ring (bicyclic) bond motifs is 1. The highest BCUT2D eigenvalue weighted by molar-refractivity contribution is 7.89. The molecule has 0 unspecified atom stereocenters. The summed E-state index contributed by atoms with van der Waals surface area (Å²) in [6.07, 6.45) is 0.987. The quantitative estimate of drug-likeness (QED) is 0.872. The summed E-state index contributed by atoms with van der Waals surface area (Å²) in [5, 5.41) is 8.66. The number of sulfonamides is 1. The van der Waals surface area contributed by atoms with Gasteiger partial charge in [-0.1, -0.05) is 30.3 Å². The molecule has 0 saturated carbocycles. The molecule has 5 nitrogen and oxygen atoms in total. The van der Waals surface area contributed by atoms with Crippen LogP contribution in [0.3, 0.4) is 0 Å². The lowest BCUT2D eigenvalue weighted by molar-refractivity contribution is 0.263. The van der Waals surface area contributed by atoms with Crippen LogP contribution in [0.15, 0.2) is 53.4 Å². The van der Waals surface area contributed by atoms with Crippen LogP contribution in [0.1, 0.15) is 36.4 Å². The van der Waals surface area contributed by atoms with Crippen molar-refractivity contribution in [2.45, 2.75) is 30.2 Å². The minimum Gasteiger partial charge on any atom is -0.493 e. The zero-order chi connectivity index (χ0) is 17.2. The van der Waals surface area contributed by atoms with Crippen molar-refractivity contribution in [3.05, 3.63) is 59.7 Å². The van der Waals surface area contributed by atoms with Crippen molar-refractivity contribution in [3.8, 4) is 5.75 Å². The number of nitrogens with two attached hydrogens (primary N) is 1. The summed E-state index contributed by atoms with van der Waals surface area (Å²) in [6.45, 7) is 3.65. The van der Waals surface area contributed by atoms with E-state index in [1.165, 1.54) is 5.56 Å². The third kappa shape index (κ3) is 3.77. The highest BCUT2D eigenvalue weighted by atomic mass is 32.2. The van der Waals surface area contributed by atoms with E-state index in [0.29, 0.717) is 5.92 Å². The Morgan fingerprint density at radius 1 is 1.21 bits per heavy atom. The van der Waals surface area contributed by atoms with Crippen LogP contribution in [0.4, 0.5) is 0 Å². The van der Waals surface area contributed by atoms with E-state index in [0.717, 1.165) is 30.9 Å². The van der Waals surface area contributed by atoms with E-state index in [2.05, 4.69) is 18.3 Å². The largest absolute Gasteiger partial charge is 0.493 e. The first-order valence-corrected chi connectivity index (χ1v) is 9.57. The monoisotopic (exact) mass is 346 g/mol. The maximum Gasteiger partial charge on any atom is 0.238 e. The molecule has 1 aliphatic heterocycles. The number of ether oxygens (including phenoxy) is 1. The predicted octanol–water partition coefficient (Wildman–Crippen LogP) is 2.55. The van der Waals surface area contributed by atoms with E-state index in [1.54, 1.807) is 24.3 Å². The van der Waals surface area contributed by atoms with Crippen LogP contribution in [0.25, 0.3) is 0 Å². The molecular weight excluding hydrogens is 324 g/mol. The molecule has 1 heterocycles. The molecule has 2 aromatic rings. The van der Waals surface area contributed by atoms with Crippen molar-refractivity contribution in [3.63, 3.8) is 0 Å². The van der Waals surface area contributed by atoms with Crippen molar-refractivity contribution in [2.24, 2.45) is 5.14 Å². The summed E-state index contributed by atoms with van der Waals surface area (Å²) < 4.78 is 28.3. The smallest absolute Gasteiger partial charge is 0.238 e. The van der Waals surface area contributed by atoms with Gasteiger partial charge in [0.1, 0.15) is 5.75 Å². The van der Waals surface area contributed by atoms with Gasteiger partial charge in [-0.15, -0.1) is 0 Å². The maximum atomic E-state index is 11.3. The summed E-state index contributed by atoms with van der Waals surface area (Å²) in [5.41, 5.74) is 2.27.